The molecule has 2 rings (SSSR count). The number of fused-ring (bicyclic) bond motifs is 2. The minimum atomic E-state index is 0.257. The monoisotopic (exact) mass is 227 g/mol. The van der Waals surface area contributed by atoms with Gasteiger partial charge in [-0.2, -0.15) is 12.6 Å². The van der Waals surface area contributed by atoms with Crippen molar-refractivity contribution >= 4 is 18.5 Å². The summed E-state index contributed by atoms with van der Waals surface area (Å²) >= 11 is 4.10. The van der Waals surface area contributed by atoms with E-state index in [0.29, 0.717) is 12.2 Å². The van der Waals surface area contributed by atoms with Crippen LogP contribution in [0.1, 0.15) is 32.1 Å². The molecule has 0 heterocycles. The SMILES string of the molecule is CN(CC1CC2CCC1C2)C(=O)CCS. The molecule has 2 aliphatic rings. The third-order valence-electron chi connectivity index (χ3n) is 4.14. The van der Waals surface area contributed by atoms with Crippen LogP contribution in [0.4, 0.5) is 0 Å². The zero-order valence-corrected chi connectivity index (χ0v) is 10.4. The molecular weight excluding hydrogens is 206 g/mol. The van der Waals surface area contributed by atoms with Crippen LogP contribution < -0.4 is 0 Å². The van der Waals surface area contributed by atoms with Crippen molar-refractivity contribution in [1.29, 1.82) is 0 Å². The minimum absolute atomic E-state index is 0.257. The largest absolute Gasteiger partial charge is 0.345 e. The van der Waals surface area contributed by atoms with Crippen molar-refractivity contribution in [3.63, 3.8) is 0 Å². The molecule has 3 atom stereocenters. The van der Waals surface area contributed by atoms with E-state index in [1.54, 1.807) is 0 Å². The quantitative estimate of drug-likeness (QED) is 0.730. The number of hydrogen-bond acceptors (Lipinski definition) is 2. The van der Waals surface area contributed by atoms with Crippen LogP contribution in [0.3, 0.4) is 0 Å². The number of carbonyl (C=O) groups excluding carboxylic acids is 1. The van der Waals surface area contributed by atoms with Gasteiger partial charge in [-0.3, -0.25) is 4.79 Å². The van der Waals surface area contributed by atoms with Gasteiger partial charge in [0.05, 0.1) is 0 Å². The highest BCUT2D eigenvalue weighted by molar-refractivity contribution is 7.80. The summed E-state index contributed by atoms with van der Waals surface area (Å²) in [5, 5.41) is 0. The molecule has 0 N–H and O–H groups in total. The van der Waals surface area contributed by atoms with Gasteiger partial charge in [0.25, 0.3) is 0 Å². The molecule has 2 fully saturated rings. The van der Waals surface area contributed by atoms with Crippen LogP contribution in [0, 0.1) is 17.8 Å². The Balaban J connectivity index is 1.79. The zero-order valence-electron chi connectivity index (χ0n) is 9.48. The molecule has 0 aliphatic heterocycles. The second-order valence-electron chi connectivity index (χ2n) is 5.18. The smallest absolute Gasteiger partial charge is 0.223 e. The fourth-order valence-electron chi connectivity index (χ4n) is 3.34. The van der Waals surface area contributed by atoms with E-state index in [1.165, 1.54) is 25.7 Å². The normalized spacial score (nSPS) is 33.3. The lowest BCUT2D eigenvalue weighted by atomic mass is 9.88. The summed E-state index contributed by atoms with van der Waals surface area (Å²) in [6, 6.07) is 0. The van der Waals surface area contributed by atoms with E-state index in [1.807, 2.05) is 11.9 Å². The lowest BCUT2D eigenvalue weighted by molar-refractivity contribution is -0.130. The molecule has 0 aromatic carbocycles. The van der Waals surface area contributed by atoms with Gasteiger partial charge in [0.1, 0.15) is 0 Å². The number of amides is 1. The first-order valence-corrected chi connectivity index (χ1v) is 6.68. The number of rotatable bonds is 4. The number of thiol groups is 1. The highest BCUT2D eigenvalue weighted by atomic mass is 32.1. The molecule has 3 unspecified atom stereocenters. The summed E-state index contributed by atoms with van der Waals surface area (Å²) in [5.41, 5.74) is 0. The lowest BCUT2D eigenvalue weighted by Crippen LogP contribution is -2.33. The molecule has 2 saturated carbocycles. The first kappa shape index (κ1) is 11.3. The summed E-state index contributed by atoms with van der Waals surface area (Å²) in [7, 11) is 1.94. The average molecular weight is 227 g/mol. The van der Waals surface area contributed by atoms with Gasteiger partial charge in [0.15, 0.2) is 0 Å². The molecule has 3 heteroatoms. The van der Waals surface area contributed by atoms with Gasteiger partial charge in [-0.15, -0.1) is 0 Å². The molecule has 15 heavy (non-hydrogen) atoms. The molecule has 0 radical (unpaired) electrons. The standard InChI is InChI=1S/C12H21NOS/c1-13(12(14)4-5-15)8-11-7-9-2-3-10(11)6-9/h9-11,15H,2-8H2,1H3. The Morgan fingerprint density at radius 3 is 2.73 bits per heavy atom. The van der Waals surface area contributed by atoms with E-state index in [9.17, 15) is 4.79 Å². The Morgan fingerprint density at radius 2 is 2.20 bits per heavy atom. The lowest BCUT2D eigenvalue weighted by Gasteiger charge is -2.27. The van der Waals surface area contributed by atoms with Crippen molar-refractivity contribution in [3.05, 3.63) is 0 Å². The molecule has 2 aliphatic carbocycles. The van der Waals surface area contributed by atoms with Crippen LogP contribution >= 0.6 is 12.6 Å². The van der Waals surface area contributed by atoms with Crippen LogP contribution in [0.15, 0.2) is 0 Å². The van der Waals surface area contributed by atoms with Crippen LogP contribution in [0.5, 0.6) is 0 Å². The molecule has 1 amide bonds. The summed E-state index contributed by atoms with van der Waals surface area (Å²) in [5.74, 6) is 3.61. The number of hydrogen-bond donors (Lipinski definition) is 1. The van der Waals surface area contributed by atoms with Gasteiger partial charge in [-0.1, -0.05) is 6.42 Å². The second-order valence-corrected chi connectivity index (χ2v) is 5.63. The molecular formula is C12H21NOS. The molecule has 0 aromatic heterocycles. The van der Waals surface area contributed by atoms with Crippen LogP contribution in [0.25, 0.3) is 0 Å². The van der Waals surface area contributed by atoms with Crippen LogP contribution in [-0.4, -0.2) is 30.2 Å². The maximum Gasteiger partial charge on any atom is 0.223 e. The van der Waals surface area contributed by atoms with E-state index < -0.39 is 0 Å². The van der Waals surface area contributed by atoms with Crippen molar-refractivity contribution < 1.29 is 4.79 Å². The Kier molecular flexibility index (Phi) is 3.60. The van der Waals surface area contributed by atoms with Crippen molar-refractivity contribution in [2.75, 3.05) is 19.3 Å². The zero-order chi connectivity index (χ0) is 10.8. The predicted octanol–water partition coefficient (Wildman–Crippen LogP) is 2.20. The molecule has 2 nitrogen and oxygen atoms in total. The Labute approximate surface area is 97.8 Å². The first-order valence-electron chi connectivity index (χ1n) is 6.05. The number of carbonyl (C=O) groups is 1. The molecule has 0 saturated heterocycles. The van der Waals surface area contributed by atoms with Crippen molar-refractivity contribution in [3.8, 4) is 0 Å². The van der Waals surface area contributed by atoms with Gasteiger partial charge in [0, 0.05) is 20.0 Å². The fraction of sp³-hybridized carbons (Fsp3) is 0.917. The van der Waals surface area contributed by atoms with E-state index in [2.05, 4.69) is 12.6 Å². The van der Waals surface area contributed by atoms with E-state index in [-0.39, 0.29) is 5.91 Å². The summed E-state index contributed by atoms with van der Waals surface area (Å²) in [6.45, 7) is 0.980. The van der Waals surface area contributed by atoms with Crippen LogP contribution in [-0.2, 0) is 4.79 Å². The van der Waals surface area contributed by atoms with Crippen molar-refractivity contribution in [2.45, 2.75) is 32.1 Å². The van der Waals surface area contributed by atoms with Gasteiger partial charge < -0.3 is 4.90 Å². The topological polar surface area (TPSA) is 20.3 Å². The Bertz CT molecular complexity index is 244. The third kappa shape index (κ3) is 2.49. The molecule has 0 spiro atoms. The van der Waals surface area contributed by atoms with Crippen LogP contribution in [0.2, 0.25) is 0 Å². The van der Waals surface area contributed by atoms with Gasteiger partial charge in [-0.25, -0.2) is 0 Å². The first-order chi connectivity index (χ1) is 7.20. The summed E-state index contributed by atoms with van der Waals surface area (Å²) in [6.07, 6.45) is 6.22. The molecule has 0 aromatic rings. The van der Waals surface area contributed by atoms with Gasteiger partial charge in [0.2, 0.25) is 5.91 Å². The predicted molar refractivity (Wildman–Crippen MR) is 65.0 cm³/mol. The second kappa shape index (κ2) is 4.77. The average Bonchev–Trinajstić information content (AvgIpc) is 2.79. The van der Waals surface area contributed by atoms with Crippen molar-refractivity contribution in [1.82, 2.24) is 4.90 Å². The van der Waals surface area contributed by atoms with E-state index in [0.717, 1.165) is 24.3 Å². The fourth-order valence-corrected chi connectivity index (χ4v) is 3.53. The minimum Gasteiger partial charge on any atom is -0.345 e. The van der Waals surface area contributed by atoms with E-state index >= 15 is 0 Å². The summed E-state index contributed by atoms with van der Waals surface area (Å²) in [4.78, 5) is 13.5. The third-order valence-corrected chi connectivity index (χ3v) is 4.37. The maximum atomic E-state index is 11.6. The number of nitrogens with zero attached hydrogens (tertiary/aromatic N) is 1. The van der Waals surface area contributed by atoms with Gasteiger partial charge in [-0.05, 0) is 42.8 Å². The van der Waals surface area contributed by atoms with E-state index in [4.69, 9.17) is 0 Å². The highest BCUT2D eigenvalue weighted by Crippen LogP contribution is 2.48. The Morgan fingerprint density at radius 1 is 1.40 bits per heavy atom. The highest BCUT2D eigenvalue weighted by Gasteiger charge is 2.39. The van der Waals surface area contributed by atoms with Crippen molar-refractivity contribution in [2.24, 2.45) is 17.8 Å². The summed E-state index contributed by atoms with van der Waals surface area (Å²) < 4.78 is 0. The Hall–Kier alpha value is -0.180. The maximum absolute atomic E-state index is 11.6. The van der Waals surface area contributed by atoms with Gasteiger partial charge >= 0.3 is 0 Å². The molecule has 2 bridgehead atoms. The molecule has 86 valence electrons.